The van der Waals surface area contributed by atoms with Crippen molar-refractivity contribution in [3.8, 4) is 0 Å². The fourth-order valence-electron chi connectivity index (χ4n) is 5.21. The Hall–Kier alpha value is -3.46. The van der Waals surface area contributed by atoms with Crippen molar-refractivity contribution in [3.05, 3.63) is 93.2 Å². The van der Waals surface area contributed by atoms with Crippen LogP contribution in [0.3, 0.4) is 0 Å². The van der Waals surface area contributed by atoms with Gasteiger partial charge in [0.2, 0.25) is 5.91 Å². The highest BCUT2D eigenvalue weighted by Crippen LogP contribution is 2.40. The monoisotopic (exact) mass is 568 g/mol. The van der Waals surface area contributed by atoms with E-state index in [0.29, 0.717) is 27.5 Å². The SMILES string of the molecule is NC1CCCCC1NC(=O)c1ccc2c(c1)NC(=O)CC(c1ccc(F)cc1)N2C(=O)c1ccc(Cl)cc1Cl. The van der Waals surface area contributed by atoms with Crippen molar-refractivity contribution >= 4 is 52.3 Å². The summed E-state index contributed by atoms with van der Waals surface area (Å²) in [4.78, 5) is 41.7. The Labute approximate surface area is 235 Å². The normalized spacial score (nSPS) is 21.0. The van der Waals surface area contributed by atoms with Crippen LogP contribution in [0.5, 0.6) is 0 Å². The van der Waals surface area contributed by atoms with E-state index >= 15 is 0 Å². The quantitative estimate of drug-likeness (QED) is 0.366. The Balaban J connectivity index is 1.56. The van der Waals surface area contributed by atoms with Gasteiger partial charge in [0.15, 0.2) is 0 Å². The molecule has 3 atom stereocenters. The standard InChI is InChI=1S/C29H27Cl2FN4O3/c30-18-8-11-20(21(31)14-18)29(39)36-25-12-7-17(28(38)35-23-4-2-1-3-22(23)33)13-24(25)34-27(37)15-26(36)16-5-9-19(32)10-6-16/h5-14,22-23,26H,1-4,15,33H2,(H,34,37)(H,35,38). The van der Waals surface area contributed by atoms with Crippen molar-refractivity contribution in [1.82, 2.24) is 5.32 Å². The summed E-state index contributed by atoms with van der Waals surface area (Å²) in [7, 11) is 0. The summed E-state index contributed by atoms with van der Waals surface area (Å²) in [6.07, 6.45) is 3.58. The number of nitrogens with one attached hydrogen (secondary N) is 2. The minimum absolute atomic E-state index is 0.101. The highest BCUT2D eigenvalue weighted by atomic mass is 35.5. The predicted molar refractivity (Wildman–Crippen MR) is 150 cm³/mol. The number of benzene rings is 3. The molecule has 1 aliphatic heterocycles. The largest absolute Gasteiger partial charge is 0.348 e. The van der Waals surface area contributed by atoms with E-state index in [1.165, 1.54) is 41.3 Å². The second-order valence-electron chi connectivity index (χ2n) is 9.88. The van der Waals surface area contributed by atoms with E-state index < -0.39 is 17.8 Å². The van der Waals surface area contributed by atoms with Gasteiger partial charge in [0, 0.05) is 22.7 Å². The van der Waals surface area contributed by atoms with Crippen LogP contribution >= 0.6 is 23.2 Å². The molecule has 5 rings (SSSR count). The van der Waals surface area contributed by atoms with Gasteiger partial charge in [-0.25, -0.2) is 4.39 Å². The van der Waals surface area contributed by atoms with Crippen LogP contribution in [0.4, 0.5) is 15.8 Å². The van der Waals surface area contributed by atoms with Crippen molar-refractivity contribution in [2.45, 2.75) is 50.2 Å². The van der Waals surface area contributed by atoms with Crippen molar-refractivity contribution < 1.29 is 18.8 Å². The molecular formula is C29H27Cl2FN4O3. The van der Waals surface area contributed by atoms with Gasteiger partial charge in [0.1, 0.15) is 5.82 Å². The molecule has 0 spiro atoms. The molecule has 1 saturated carbocycles. The van der Waals surface area contributed by atoms with Crippen molar-refractivity contribution in [3.63, 3.8) is 0 Å². The number of halogens is 3. The Kier molecular flexibility index (Phi) is 7.88. The minimum Gasteiger partial charge on any atom is -0.348 e. The number of nitrogens with two attached hydrogens (primary N) is 1. The zero-order chi connectivity index (χ0) is 27.7. The lowest BCUT2D eigenvalue weighted by Crippen LogP contribution is -2.49. The maximum atomic E-state index is 14.0. The molecule has 202 valence electrons. The molecule has 39 heavy (non-hydrogen) atoms. The number of anilines is 2. The highest BCUT2D eigenvalue weighted by Gasteiger charge is 2.35. The van der Waals surface area contributed by atoms with Crippen molar-refractivity contribution in [2.24, 2.45) is 5.73 Å². The zero-order valence-electron chi connectivity index (χ0n) is 20.9. The summed E-state index contributed by atoms with van der Waals surface area (Å²) in [6, 6.07) is 13.9. The molecule has 1 aliphatic carbocycles. The van der Waals surface area contributed by atoms with Gasteiger partial charge in [-0.1, -0.05) is 48.2 Å². The number of rotatable bonds is 4. The van der Waals surface area contributed by atoms with E-state index in [1.54, 1.807) is 24.3 Å². The number of carbonyl (C=O) groups is 3. The molecule has 1 fully saturated rings. The van der Waals surface area contributed by atoms with Crippen LogP contribution in [-0.4, -0.2) is 29.8 Å². The van der Waals surface area contributed by atoms with Crippen LogP contribution in [0.1, 0.15) is 64.4 Å². The van der Waals surface area contributed by atoms with Crippen LogP contribution in [0, 0.1) is 5.82 Å². The van der Waals surface area contributed by atoms with Crippen molar-refractivity contribution in [1.29, 1.82) is 0 Å². The van der Waals surface area contributed by atoms with Gasteiger partial charge in [-0.3, -0.25) is 19.3 Å². The fourth-order valence-corrected chi connectivity index (χ4v) is 5.70. The summed E-state index contributed by atoms with van der Waals surface area (Å²) in [5, 5.41) is 6.36. The number of amides is 3. The molecular weight excluding hydrogens is 542 g/mol. The lowest BCUT2D eigenvalue weighted by molar-refractivity contribution is -0.116. The van der Waals surface area contributed by atoms with Crippen molar-refractivity contribution in [2.75, 3.05) is 10.2 Å². The van der Waals surface area contributed by atoms with E-state index in [-0.39, 0.29) is 40.9 Å². The van der Waals surface area contributed by atoms with Gasteiger partial charge < -0.3 is 16.4 Å². The van der Waals surface area contributed by atoms with Gasteiger partial charge in [-0.2, -0.15) is 0 Å². The molecule has 3 aromatic rings. The number of carbonyl (C=O) groups excluding carboxylic acids is 3. The van der Waals surface area contributed by atoms with Crippen LogP contribution in [0.2, 0.25) is 10.0 Å². The Morgan fingerprint density at radius 2 is 1.74 bits per heavy atom. The van der Waals surface area contributed by atoms with Gasteiger partial charge in [-0.05, 0) is 66.9 Å². The van der Waals surface area contributed by atoms with Crippen LogP contribution in [-0.2, 0) is 4.79 Å². The molecule has 0 saturated heterocycles. The first-order chi connectivity index (χ1) is 18.7. The van der Waals surface area contributed by atoms with Gasteiger partial charge >= 0.3 is 0 Å². The maximum absolute atomic E-state index is 14.0. The Bertz CT molecular complexity index is 1430. The molecule has 7 nitrogen and oxygen atoms in total. The molecule has 2 aliphatic rings. The van der Waals surface area contributed by atoms with E-state index in [0.717, 1.165) is 25.7 Å². The molecule has 4 N–H and O–H groups in total. The summed E-state index contributed by atoms with van der Waals surface area (Å²) in [5.74, 6) is -1.60. The Morgan fingerprint density at radius 1 is 1.00 bits per heavy atom. The Morgan fingerprint density at radius 3 is 2.46 bits per heavy atom. The predicted octanol–water partition coefficient (Wildman–Crippen LogP) is 5.86. The van der Waals surface area contributed by atoms with Gasteiger partial charge in [0.25, 0.3) is 11.8 Å². The fraction of sp³-hybridized carbons (Fsp3) is 0.276. The van der Waals surface area contributed by atoms with E-state index in [9.17, 15) is 18.8 Å². The molecule has 0 aromatic heterocycles. The molecule has 3 amide bonds. The molecule has 0 radical (unpaired) electrons. The summed E-state index contributed by atoms with van der Waals surface area (Å²) < 4.78 is 13.7. The second-order valence-corrected chi connectivity index (χ2v) is 10.7. The second kappa shape index (κ2) is 11.3. The summed E-state index contributed by atoms with van der Waals surface area (Å²) in [5.41, 5.74) is 7.94. The number of fused-ring (bicyclic) bond motifs is 1. The molecule has 1 heterocycles. The first-order valence-corrected chi connectivity index (χ1v) is 13.5. The van der Waals surface area contributed by atoms with E-state index in [4.69, 9.17) is 28.9 Å². The van der Waals surface area contributed by atoms with Crippen LogP contribution < -0.4 is 21.3 Å². The van der Waals surface area contributed by atoms with Crippen LogP contribution in [0.15, 0.2) is 60.7 Å². The first kappa shape index (κ1) is 27.1. The lowest BCUT2D eigenvalue weighted by atomic mass is 9.91. The molecule has 3 unspecified atom stereocenters. The smallest absolute Gasteiger partial charge is 0.260 e. The molecule has 10 heteroatoms. The first-order valence-electron chi connectivity index (χ1n) is 12.8. The number of hydrogen-bond acceptors (Lipinski definition) is 4. The lowest BCUT2D eigenvalue weighted by Gasteiger charge is -2.31. The summed E-state index contributed by atoms with van der Waals surface area (Å²) >= 11 is 12.5. The van der Waals surface area contributed by atoms with E-state index in [2.05, 4.69) is 10.6 Å². The van der Waals surface area contributed by atoms with E-state index in [1.807, 2.05) is 0 Å². The summed E-state index contributed by atoms with van der Waals surface area (Å²) in [6.45, 7) is 0. The average Bonchev–Trinajstić information content (AvgIpc) is 3.05. The topological polar surface area (TPSA) is 105 Å². The van der Waals surface area contributed by atoms with Gasteiger partial charge in [0.05, 0.1) is 34.4 Å². The molecule has 0 bridgehead atoms. The molecule has 3 aromatic carbocycles. The van der Waals surface area contributed by atoms with Crippen LogP contribution in [0.25, 0.3) is 0 Å². The average molecular weight is 569 g/mol. The third-order valence-corrected chi connectivity index (χ3v) is 7.80. The third-order valence-electron chi connectivity index (χ3n) is 7.25. The number of hydrogen-bond donors (Lipinski definition) is 3. The van der Waals surface area contributed by atoms with Gasteiger partial charge in [-0.15, -0.1) is 0 Å². The number of nitrogens with zero attached hydrogens (tertiary/aromatic N) is 1. The zero-order valence-corrected chi connectivity index (χ0v) is 22.4. The minimum atomic E-state index is -0.772. The maximum Gasteiger partial charge on any atom is 0.260 e. The third kappa shape index (κ3) is 5.78. The highest BCUT2D eigenvalue weighted by molar-refractivity contribution is 6.37.